The summed E-state index contributed by atoms with van der Waals surface area (Å²) in [5.41, 5.74) is 0.703. The van der Waals surface area contributed by atoms with Gasteiger partial charge >= 0.3 is 0 Å². The van der Waals surface area contributed by atoms with Gasteiger partial charge in [0.2, 0.25) is 11.8 Å². The monoisotopic (exact) mass is 504 g/mol. The van der Waals surface area contributed by atoms with E-state index in [1.807, 2.05) is 13.8 Å². The molecule has 0 aliphatic rings. The largest absolute Gasteiger partial charge is 0.382 e. The minimum Gasteiger partial charge on any atom is -0.382 e. The number of aliphatic hydroxyl groups is 1. The number of amides is 3. The summed E-state index contributed by atoms with van der Waals surface area (Å²) in [5, 5.41) is 24.6. The normalized spacial score (nSPS) is 14.0. The molecule has 1 aromatic rings. The van der Waals surface area contributed by atoms with Gasteiger partial charge in [-0.2, -0.15) is 0 Å². The molecular formula is C19H29BrN4O5S. The molecule has 0 saturated carbocycles. The number of anilines is 1. The summed E-state index contributed by atoms with van der Waals surface area (Å²) in [6.45, 7) is 9.01. The first kappa shape index (κ1) is 28.0. The van der Waals surface area contributed by atoms with Crippen LogP contribution in [0.3, 0.4) is 0 Å². The molecule has 1 unspecified atom stereocenters. The van der Waals surface area contributed by atoms with Crippen LogP contribution in [0, 0.1) is 30.1 Å². The average Bonchev–Trinajstić information content (AvgIpc) is 3.07. The first-order valence-corrected chi connectivity index (χ1v) is 10.7. The summed E-state index contributed by atoms with van der Waals surface area (Å²) in [4.78, 5) is 41.2. The van der Waals surface area contributed by atoms with Crippen molar-refractivity contribution in [3.63, 3.8) is 0 Å². The summed E-state index contributed by atoms with van der Waals surface area (Å²) >= 11 is 4.50. The summed E-state index contributed by atoms with van der Waals surface area (Å²) in [6.07, 6.45) is 8.00. The van der Waals surface area contributed by atoms with Crippen molar-refractivity contribution in [2.75, 3.05) is 5.32 Å². The van der Waals surface area contributed by atoms with Crippen LogP contribution in [0.2, 0.25) is 0 Å². The van der Waals surface area contributed by atoms with Crippen molar-refractivity contribution in [1.29, 1.82) is 0 Å². The van der Waals surface area contributed by atoms with Gasteiger partial charge in [-0.25, -0.2) is 10.5 Å². The van der Waals surface area contributed by atoms with Gasteiger partial charge in [-0.05, 0) is 33.7 Å². The van der Waals surface area contributed by atoms with Gasteiger partial charge in [0, 0.05) is 0 Å². The van der Waals surface area contributed by atoms with Crippen LogP contribution in [0.5, 0.6) is 0 Å². The van der Waals surface area contributed by atoms with Crippen molar-refractivity contribution in [3.8, 4) is 12.8 Å². The van der Waals surface area contributed by atoms with E-state index in [1.165, 1.54) is 16.8 Å². The zero-order valence-corrected chi connectivity index (χ0v) is 20.0. The highest BCUT2D eigenvalue weighted by Gasteiger charge is 2.38. The van der Waals surface area contributed by atoms with Crippen LogP contribution in [0.1, 0.15) is 41.0 Å². The zero-order chi connectivity index (χ0) is 23.6. The van der Waals surface area contributed by atoms with E-state index in [2.05, 4.69) is 44.4 Å². The number of carbonyl (C=O) groups is 3. The second kappa shape index (κ2) is 12.6. The van der Waals surface area contributed by atoms with Crippen molar-refractivity contribution in [2.24, 2.45) is 17.3 Å². The van der Waals surface area contributed by atoms with E-state index in [0.29, 0.717) is 5.13 Å². The predicted molar refractivity (Wildman–Crippen MR) is 119 cm³/mol. The quantitative estimate of drug-likeness (QED) is 0.208. The summed E-state index contributed by atoms with van der Waals surface area (Å²) in [6, 6.07) is -0.943. The van der Waals surface area contributed by atoms with Gasteiger partial charge in [0.25, 0.3) is 5.91 Å². The molecule has 30 heavy (non-hydrogen) atoms. The predicted octanol–water partition coefficient (Wildman–Crippen LogP) is 2.15. The molecule has 3 atom stereocenters. The van der Waals surface area contributed by atoms with Crippen LogP contribution in [0.15, 0.2) is 9.98 Å². The van der Waals surface area contributed by atoms with Crippen molar-refractivity contribution in [2.45, 2.75) is 53.2 Å². The van der Waals surface area contributed by atoms with Crippen LogP contribution >= 0.6 is 27.3 Å². The second-order valence-corrected chi connectivity index (χ2v) is 10.3. The molecule has 168 valence electrons. The smallest absolute Gasteiger partial charge is 0.272 e. The number of hydroxylamine groups is 1. The fourth-order valence-electron chi connectivity index (χ4n) is 2.55. The van der Waals surface area contributed by atoms with Crippen LogP contribution in [-0.4, -0.2) is 45.2 Å². The molecule has 0 bridgehead atoms. The number of terminal acetylenes is 1. The number of aromatic nitrogens is 1. The standard InChI is InChI=1S/C17H27BrN4O5S.C2H2/c1-8(2)6-9(11(23)14(25)22-27)13(24)20-12(17(3,4)5)15(26)21-16-19-7-10(18)28-16;1-2/h7-9,11-12,23,27H,6H2,1-5H3,(H,20,24)(H,22,25)(H,19,21,26);1-2H/t9-,11+,12?;/m1./s1. The Balaban J connectivity index is 0.00000407. The van der Waals surface area contributed by atoms with Crippen molar-refractivity contribution < 1.29 is 24.7 Å². The Kier molecular flexibility index (Phi) is 11.8. The third-order valence-electron chi connectivity index (χ3n) is 3.94. The lowest BCUT2D eigenvalue weighted by molar-refractivity contribution is -0.147. The molecule has 5 N–H and O–H groups in total. The van der Waals surface area contributed by atoms with Gasteiger partial charge < -0.3 is 15.7 Å². The highest BCUT2D eigenvalue weighted by molar-refractivity contribution is 9.11. The Morgan fingerprint density at radius 2 is 1.77 bits per heavy atom. The van der Waals surface area contributed by atoms with Crippen LogP contribution in [0.25, 0.3) is 0 Å². The Morgan fingerprint density at radius 3 is 2.17 bits per heavy atom. The van der Waals surface area contributed by atoms with Gasteiger partial charge in [0.05, 0.1) is 15.9 Å². The zero-order valence-electron chi connectivity index (χ0n) is 17.6. The maximum absolute atomic E-state index is 12.8. The molecule has 9 nitrogen and oxygen atoms in total. The number of carbonyl (C=O) groups excluding carboxylic acids is 3. The van der Waals surface area contributed by atoms with Gasteiger partial charge in [-0.3, -0.25) is 19.6 Å². The van der Waals surface area contributed by atoms with Gasteiger partial charge in [-0.1, -0.05) is 46.0 Å². The third-order valence-corrected chi connectivity index (χ3v) is 5.34. The molecule has 0 radical (unpaired) electrons. The minimum atomic E-state index is -1.74. The minimum absolute atomic E-state index is 0.00789. The molecular weight excluding hydrogens is 476 g/mol. The van der Waals surface area contributed by atoms with E-state index in [-0.39, 0.29) is 12.3 Å². The van der Waals surface area contributed by atoms with Crippen molar-refractivity contribution >= 4 is 50.1 Å². The summed E-state index contributed by atoms with van der Waals surface area (Å²) in [5.74, 6) is -3.33. The molecule has 3 amide bonds. The number of aliphatic hydroxyl groups excluding tert-OH is 1. The van der Waals surface area contributed by atoms with E-state index in [1.54, 1.807) is 27.0 Å². The number of hydrogen-bond acceptors (Lipinski definition) is 7. The van der Waals surface area contributed by atoms with Gasteiger partial charge in [-0.15, -0.1) is 12.8 Å². The number of thiazole rings is 1. The van der Waals surface area contributed by atoms with Crippen LogP contribution in [0.4, 0.5) is 5.13 Å². The van der Waals surface area contributed by atoms with E-state index in [4.69, 9.17) is 5.21 Å². The second-order valence-electron chi connectivity index (χ2n) is 7.92. The lowest BCUT2D eigenvalue weighted by Crippen LogP contribution is -2.55. The number of hydrogen-bond donors (Lipinski definition) is 5. The van der Waals surface area contributed by atoms with Crippen molar-refractivity contribution in [3.05, 3.63) is 9.98 Å². The molecule has 0 saturated heterocycles. The summed E-state index contributed by atoms with van der Waals surface area (Å²) < 4.78 is 0.745. The van der Waals surface area contributed by atoms with E-state index < -0.39 is 41.2 Å². The Labute approximate surface area is 189 Å². The molecule has 0 spiro atoms. The lowest BCUT2D eigenvalue weighted by Gasteiger charge is -2.32. The highest BCUT2D eigenvalue weighted by Crippen LogP contribution is 2.26. The lowest BCUT2D eigenvalue weighted by atomic mass is 9.84. The first-order chi connectivity index (χ1) is 13.9. The Morgan fingerprint density at radius 1 is 1.20 bits per heavy atom. The van der Waals surface area contributed by atoms with E-state index in [0.717, 1.165) is 3.79 Å². The fraction of sp³-hybridized carbons (Fsp3) is 0.579. The molecule has 1 rings (SSSR count). The topological polar surface area (TPSA) is 141 Å². The van der Waals surface area contributed by atoms with E-state index in [9.17, 15) is 19.5 Å². The number of halogens is 1. The van der Waals surface area contributed by atoms with Gasteiger partial charge in [0.15, 0.2) is 5.13 Å². The molecule has 11 heteroatoms. The first-order valence-electron chi connectivity index (χ1n) is 9.04. The Hall–Kier alpha value is -2.00. The van der Waals surface area contributed by atoms with Gasteiger partial charge in [0.1, 0.15) is 12.1 Å². The number of rotatable bonds is 8. The SMILES string of the molecule is C#C.CC(C)C[C@@H](C(=O)NC(C(=O)Nc1ncc(Br)s1)C(C)(C)C)[C@H](O)C(=O)NO. The summed E-state index contributed by atoms with van der Waals surface area (Å²) in [7, 11) is 0. The molecule has 0 aliphatic heterocycles. The maximum Gasteiger partial charge on any atom is 0.272 e. The van der Waals surface area contributed by atoms with Crippen molar-refractivity contribution in [1.82, 2.24) is 15.8 Å². The fourth-order valence-corrected chi connectivity index (χ4v) is 3.66. The number of nitrogens with zero attached hydrogens (tertiary/aromatic N) is 1. The average molecular weight is 505 g/mol. The maximum atomic E-state index is 12.8. The molecule has 0 fully saturated rings. The molecule has 0 aliphatic carbocycles. The Bertz CT molecular complexity index is 745. The molecule has 0 aromatic carbocycles. The molecule has 1 heterocycles. The van der Waals surface area contributed by atoms with Crippen LogP contribution in [-0.2, 0) is 14.4 Å². The van der Waals surface area contributed by atoms with E-state index >= 15 is 0 Å². The highest BCUT2D eigenvalue weighted by atomic mass is 79.9. The van der Waals surface area contributed by atoms with Crippen LogP contribution < -0.4 is 16.1 Å². The number of nitrogens with one attached hydrogen (secondary N) is 3. The molecule has 1 aromatic heterocycles. The third kappa shape index (κ3) is 8.79.